The van der Waals surface area contributed by atoms with Crippen molar-refractivity contribution in [2.24, 2.45) is 0 Å². The smallest absolute Gasteiger partial charge is 0.209 e. The third kappa shape index (κ3) is 4.20. The first kappa shape index (κ1) is 18.6. The van der Waals surface area contributed by atoms with Crippen molar-refractivity contribution in [1.82, 2.24) is 15.2 Å². The molecule has 4 rings (SSSR count). The Morgan fingerprint density at radius 2 is 1.89 bits per heavy atom. The van der Waals surface area contributed by atoms with Gasteiger partial charge in [0.2, 0.25) is 5.16 Å². The Hall–Kier alpha value is -2.80. The van der Waals surface area contributed by atoms with Crippen LogP contribution in [-0.2, 0) is 6.42 Å². The van der Waals surface area contributed by atoms with Gasteiger partial charge in [0.1, 0.15) is 0 Å². The maximum absolute atomic E-state index is 12.6. The molecule has 6 nitrogen and oxygen atoms in total. The number of thioether (sulfide) groups is 1. The van der Waals surface area contributed by atoms with Crippen LogP contribution in [0.15, 0.2) is 47.6 Å². The number of nitrogens with one attached hydrogen (secondary N) is 1. The summed E-state index contributed by atoms with van der Waals surface area (Å²) in [5.41, 5.74) is 2.85. The summed E-state index contributed by atoms with van der Waals surface area (Å²) >= 11 is 1.31. The van der Waals surface area contributed by atoms with Crippen molar-refractivity contribution in [3.8, 4) is 22.9 Å². The summed E-state index contributed by atoms with van der Waals surface area (Å²) in [4.78, 5) is 17.0. The first-order valence-electron chi connectivity index (χ1n) is 9.30. The Morgan fingerprint density at radius 1 is 1.11 bits per heavy atom. The third-order valence-electron chi connectivity index (χ3n) is 4.50. The van der Waals surface area contributed by atoms with Gasteiger partial charge in [0, 0.05) is 17.5 Å². The van der Waals surface area contributed by atoms with E-state index in [4.69, 9.17) is 9.47 Å². The van der Waals surface area contributed by atoms with Crippen LogP contribution in [0.4, 0.5) is 0 Å². The summed E-state index contributed by atoms with van der Waals surface area (Å²) in [6.45, 7) is 3.35. The lowest BCUT2D eigenvalue weighted by molar-refractivity contribution is 0.102. The van der Waals surface area contributed by atoms with E-state index in [9.17, 15) is 4.79 Å². The van der Waals surface area contributed by atoms with E-state index < -0.39 is 0 Å². The second kappa shape index (κ2) is 8.48. The number of hydrogen-bond donors (Lipinski definition) is 1. The van der Waals surface area contributed by atoms with Crippen molar-refractivity contribution in [3.05, 3.63) is 53.6 Å². The van der Waals surface area contributed by atoms with E-state index in [1.54, 1.807) is 18.2 Å². The number of ether oxygens (including phenoxy) is 2. The molecule has 2 aromatic carbocycles. The Kier molecular flexibility index (Phi) is 5.62. The molecule has 0 spiro atoms. The Bertz CT molecular complexity index is 969. The number of aryl methyl sites for hydroxylation is 1. The summed E-state index contributed by atoms with van der Waals surface area (Å²) in [5.74, 6) is 2.28. The monoisotopic (exact) mass is 395 g/mol. The molecule has 1 N–H and O–H groups in total. The third-order valence-corrected chi connectivity index (χ3v) is 5.35. The summed E-state index contributed by atoms with van der Waals surface area (Å²) < 4.78 is 11.3. The highest BCUT2D eigenvalue weighted by atomic mass is 32.2. The highest BCUT2D eigenvalue weighted by Crippen LogP contribution is 2.31. The molecule has 7 heteroatoms. The second-order valence-electron chi connectivity index (χ2n) is 6.44. The molecule has 0 fully saturated rings. The van der Waals surface area contributed by atoms with Crippen LogP contribution in [0.3, 0.4) is 0 Å². The summed E-state index contributed by atoms with van der Waals surface area (Å²) in [5, 5.41) is 7.71. The molecule has 0 atom stereocenters. The van der Waals surface area contributed by atoms with Crippen LogP contribution in [0.1, 0.15) is 29.3 Å². The molecule has 2 heterocycles. The second-order valence-corrected chi connectivity index (χ2v) is 7.38. The predicted molar refractivity (Wildman–Crippen MR) is 108 cm³/mol. The lowest BCUT2D eigenvalue weighted by Crippen LogP contribution is -2.03. The van der Waals surface area contributed by atoms with E-state index in [-0.39, 0.29) is 11.5 Å². The van der Waals surface area contributed by atoms with E-state index in [0.29, 0.717) is 41.3 Å². The van der Waals surface area contributed by atoms with Gasteiger partial charge in [-0.05, 0) is 30.2 Å². The molecule has 0 unspecified atom stereocenters. The molecule has 1 aliphatic rings. The van der Waals surface area contributed by atoms with Crippen LogP contribution in [0.25, 0.3) is 11.4 Å². The SMILES string of the molecule is CCc1ccc(-c2nc(SCC(=O)c3ccc4c(c3)OCCCO4)n[nH]2)cc1. The van der Waals surface area contributed by atoms with Gasteiger partial charge < -0.3 is 9.47 Å². The molecule has 0 amide bonds. The summed E-state index contributed by atoms with van der Waals surface area (Å²) in [6, 6.07) is 13.5. The Balaban J connectivity index is 1.40. The summed E-state index contributed by atoms with van der Waals surface area (Å²) in [7, 11) is 0. The minimum Gasteiger partial charge on any atom is -0.490 e. The van der Waals surface area contributed by atoms with Crippen LogP contribution in [0.5, 0.6) is 11.5 Å². The van der Waals surface area contributed by atoms with Crippen LogP contribution in [0, 0.1) is 0 Å². The molecule has 1 aromatic heterocycles. The van der Waals surface area contributed by atoms with E-state index in [1.165, 1.54) is 17.3 Å². The zero-order chi connectivity index (χ0) is 19.3. The fourth-order valence-corrected chi connectivity index (χ4v) is 3.58. The Labute approximate surface area is 167 Å². The number of aromatic amines is 1. The topological polar surface area (TPSA) is 77.1 Å². The number of ketones is 1. The molecule has 0 radical (unpaired) electrons. The average molecular weight is 395 g/mol. The first-order chi connectivity index (χ1) is 13.7. The van der Waals surface area contributed by atoms with Gasteiger partial charge in [-0.3, -0.25) is 9.89 Å². The lowest BCUT2D eigenvalue weighted by Gasteiger charge is -2.08. The van der Waals surface area contributed by atoms with Crippen LogP contribution < -0.4 is 9.47 Å². The number of H-pyrrole nitrogens is 1. The Morgan fingerprint density at radius 3 is 2.68 bits per heavy atom. The molecule has 0 saturated heterocycles. The highest BCUT2D eigenvalue weighted by molar-refractivity contribution is 7.99. The van der Waals surface area contributed by atoms with Crippen molar-refractivity contribution >= 4 is 17.5 Å². The van der Waals surface area contributed by atoms with Gasteiger partial charge in [-0.15, -0.1) is 5.10 Å². The molecule has 0 aliphatic carbocycles. The van der Waals surface area contributed by atoms with E-state index in [1.807, 2.05) is 12.1 Å². The standard InChI is InChI=1S/C21H21N3O3S/c1-2-14-4-6-15(7-5-14)20-22-21(24-23-20)28-13-17(25)16-8-9-18-19(12-16)27-11-3-10-26-18/h4-9,12H,2-3,10-11,13H2,1H3,(H,22,23,24). The molecular formula is C21H21N3O3S. The van der Waals surface area contributed by atoms with Crippen LogP contribution >= 0.6 is 11.8 Å². The number of hydrogen-bond acceptors (Lipinski definition) is 6. The maximum Gasteiger partial charge on any atom is 0.209 e. The number of rotatable bonds is 6. The number of benzene rings is 2. The molecule has 3 aromatic rings. The van der Waals surface area contributed by atoms with E-state index in [0.717, 1.165) is 18.4 Å². The predicted octanol–water partition coefficient (Wildman–Crippen LogP) is 4.17. The van der Waals surface area contributed by atoms with Crippen LogP contribution in [0.2, 0.25) is 0 Å². The number of fused-ring (bicyclic) bond motifs is 1. The number of aromatic nitrogens is 3. The normalized spacial score (nSPS) is 13.2. The van der Waals surface area contributed by atoms with Crippen molar-refractivity contribution in [2.45, 2.75) is 24.9 Å². The number of nitrogens with zero attached hydrogens (tertiary/aromatic N) is 2. The lowest BCUT2D eigenvalue weighted by atomic mass is 10.1. The van der Waals surface area contributed by atoms with Gasteiger partial charge in [-0.2, -0.15) is 0 Å². The highest BCUT2D eigenvalue weighted by Gasteiger charge is 2.15. The minimum absolute atomic E-state index is 0.000652. The van der Waals surface area contributed by atoms with Crippen molar-refractivity contribution in [3.63, 3.8) is 0 Å². The van der Waals surface area contributed by atoms with Gasteiger partial charge >= 0.3 is 0 Å². The zero-order valence-electron chi connectivity index (χ0n) is 15.6. The van der Waals surface area contributed by atoms with Gasteiger partial charge in [-0.1, -0.05) is 43.0 Å². The fraction of sp³-hybridized carbons (Fsp3) is 0.286. The first-order valence-corrected chi connectivity index (χ1v) is 10.3. The maximum atomic E-state index is 12.6. The van der Waals surface area contributed by atoms with E-state index in [2.05, 4.69) is 34.2 Å². The number of carbonyl (C=O) groups is 1. The fourth-order valence-electron chi connectivity index (χ4n) is 2.89. The van der Waals surface area contributed by atoms with Gasteiger partial charge in [-0.25, -0.2) is 4.98 Å². The molecule has 1 aliphatic heterocycles. The van der Waals surface area contributed by atoms with Crippen molar-refractivity contribution in [2.75, 3.05) is 19.0 Å². The van der Waals surface area contributed by atoms with Crippen LogP contribution in [-0.4, -0.2) is 39.9 Å². The minimum atomic E-state index is -0.000652. The zero-order valence-corrected chi connectivity index (χ0v) is 16.4. The van der Waals surface area contributed by atoms with Gasteiger partial charge in [0.25, 0.3) is 0 Å². The van der Waals surface area contributed by atoms with Crippen molar-refractivity contribution < 1.29 is 14.3 Å². The largest absolute Gasteiger partial charge is 0.490 e. The van der Waals surface area contributed by atoms with Gasteiger partial charge in [0.15, 0.2) is 23.1 Å². The summed E-state index contributed by atoms with van der Waals surface area (Å²) in [6.07, 6.45) is 1.84. The molecular weight excluding hydrogens is 374 g/mol. The van der Waals surface area contributed by atoms with E-state index >= 15 is 0 Å². The molecule has 28 heavy (non-hydrogen) atoms. The molecule has 0 saturated carbocycles. The number of Topliss-reactive ketones (excluding diaryl/α,β-unsaturated/α-hetero) is 1. The molecule has 0 bridgehead atoms. The molecule has 144 valence electrons. The quantitative estimate of drug-likeness (QED) is 0.499. The number of carbonyl (C=O) groups excluding carboxylic acids is 1. The van der Waals surface area contributed by atoms with Crippen molar-refractivity contribution in [1.29, 1.82) is 0 Å². The van der Waals surface area contributed by atoms with Gasteiger partial charge in [0.05, 0.1) is 19.0 Å². The average Bonchev–Trinajstić information content (AvgIpc) is 3.09.